The maximum atomic E-state index is 6.22. The van der Waals surface area contributed by atoms with Crippen LogP contribution in [0.25, 0.3) is 11.3 Å². The molecule has 3 nitrogen and oxygen atoms in total. The molecule has 0 aliphatic rings. The molecule has 2 aromatic rings. The number of nitrogens with one attached hydrogen (secondary N) is 1. The highest BCUT2D eigenvalue weighted by Gasteiger charge is 2.18. The van der Waals surface area contributed by atoms with Gasteiger partial charge < -0.3 is 10.7 Å². The van der Waals surface area contributed by atoms with Gasteiger partial charge in [-0.2, -0.15) is 0 Å². The van der Waals surface area contributed by atoms with Crippen LogP contribution >= 0.6 is 11.6 Å². The molecule has 2 unspecified atom stereocenters. The number of benzene rings is 1. The molecule has 0 spiro atoms. The normalized spacial score (nSPS) is 14.4. The van der Waals surface area contributed by atoms with Crippen LogP contribution in [0.3, 0.4) is 0 Å². The Hall–Kier alpha value is -1.32. The number of H-pyrrole nitrogens is 1. The van der Waals surface area contributed by atoms with Gasteiger partial charge in [-0.3, -0.25) is 0 Å². The summed E-state index contributed by atoms with van der Waals surface area (Å²) in [6, 6.07) is 7.66. The summed E-state index contributed by atoms with van der Waals surface area (Å²) in [6.07, 6.45) is 1.04. The Morgan fingerprint density at radius 1 is 1.42 bits per heavy atom. The van der Waals surface area contributed by atoms with Gasteiger partial charge in [0.2, 0.25) is 0 Å². The maximum Gasteiger partial charge on any atom is 0.124 e. The summed E-state index contributed by atoms with van der Waals surface area (Å²) >= 11 is 6.03. The molecule has 0 radical (unpaired) electrons. The van der Waals surface area contributed by atoms with Crippen molar-refractivity contribution in [2.45, 2.75) is 33.2 Å². The first-order valence-corrected chi connectivity index (χ1v) is 6.98. The molecule has 2 atom stereocenters. The van der Waals surface area contributed by atoms with E-state index < -0.39 is 0 Å². The molecule has 0 saturated carbocycles. The molecule has 0 bridgehead atoms. The minimum Gasteiger partial charge on any atom is -0.344 e. The second-order valence-electron chi connectivity index (χ2n) is 5.02. The number of aromatic nitrogens is 2. The zero-order valence-electron chi connectivity index (χ0n) is 11.6. The van der Waals surface area contributed by atoms with Crippen molar-refractivity contribution in [1.29, 1.82) is 0 Å². The van der Waals surface area contributed by atoms with Crippen molar-refractivity contribution in [2.75, 3.05) is 0 Å². The Bertz CT molecular complexity index is 562. The second-order valence-corrected chi connectivity index (χ2v) is 5.45. The van der Waals surface area contributed by atoms with E-state index in [0.29, 0.717) is 10.9 Å². The zero-order chi connectivity index (χ0) is 14.0. The molecular formula is C15H20ClN3. The minimum absolute atomic E-state index is 0.0587. The fraction of sp³-hybridized carbons (Fsp3) is 0.400. The molecule has 0 aliphatic heterocycles. The SMILES string of the molecule is CCC(C)C(N)c1nc(-c2cccc(Cl)c2)c(C)[nH]1. The highest BCUT2D eigenvalue weighted by Crippen LogP contribution is 2.27. The Balaban J connectivity index is 2.36. The summed E-state index contributed by atoms with van der Waals surface area (Å²) in [5, 5.41) is 0.715. The Labute approximate surface area is 119 Å². The highest BCUT2D eigenvalue weighted by molar-refractivity contribution is 6.30. The monoisotopic (exact) mass is 277 g/mol. The summed E-state index contributed by atoms with van der Waals surface area (Å²) in [5.74, 6) is 1.25. The van der Waals surface area contributed by atoms with Crippen molar-refractivity contribution < 1.29 is 0 Å². The van der Waals surface area contributed by atoms with Crippen LogP contribution in [-0.4, -0.2) is 9.97 Å². The van der Waals surface area contributed by atoms with E-state index in [9.17, 15) is 0 Å². The predicted molar refractivity (Wildman–Crippen MR) is 80.2 cm³/mol. The van der Waals surface area contributed by atoms with E-state index >= 15 is 0 Å². The van der Waals surface area contributed by atoms with Gasteiger partial charge in [0.25, 0.3) is 0 Å². The summed E-state index contributed by atoms with van der Waals surface area (Å²) in [7, 11) is 0. The molecule has 0 amide bonds. The molecule has 4 heteroatoms. The molecule has 0 fully saturated rings. The van der Waals surface area contributed by atoms with Crippen LogP contribution in [0.2, 0.25) is 5.02 Å². The summed E-state index contributed by atoms with van der Waals surface area (Å²) in [6.45, 7) is 6.29. The van der Waals surface area contributed by atoms with Gasteiger partial charge in [-0.05, 0) is 25.0 Å². The molecule has 0 saturated heterocycles. The molecule has 1 heterocycles. The van der Waals surface area contributed by atoms with Gasteiger partial charge in [0.15, 0.2) is 0 Å². The van der Waals surface area contributed by atoms with Gasteiger partial charge in [-0.1, -0.05) is 44.0 Å². The first-order valence-electron chi connectivity index (χ1n) is 6.61. The molecule has 0 aliphatic carbocycles. The zero-order valence-corrected chi connectivity index (χ0v) is 12.3. The van der Waals surface area contributed by atoms with Crippen molar-refractivity contribution in [3.8, 4) is 11.3 Å². The van der Waals surface area contributed by atoms with Gasteiger partial charge in [-0.15, -0.1) is 0 Å². The van der Waals surface area contributed by atoms with E-state index in [0.717, 1.165) is 29.2 Å². The molecule has 2 rings (SSSR count). The number of aryl methyl sites for hydroxylation is 1. The third-order valence-corrected chi connectivity index (χ3v) is 3.81. The number of imidazole rings is 1. The van der Waals surface area contributed by atoms with Crippen molar-refractivity contribution in [3.63, 3.8) is 0 Å². The smallest absolute Gasteiger partial charge is 0.124 e. The lowest BCUT2D eigenvalue weighted by Gasteiger charge is -2.15. The lowest BCUT2D eigenvalue weighted by molar-refractivity contribution is 0.441. The van der Waals surface area contributed by atoms with Gasteiger partial charge in [0, 0.05) is 16.3 Å². The third-order valence-electron chi connectivity index (χ3n) is 3.57. The third kappa shape index (κ3) is 2.99. The number of nitrogens with two attached hydrogens (primary N) is 1. The number of halogens is 1. The number of hydrogen-bond donors (Lipinski definition) is 2. The molecule has 102 valence electrons. The molecule has 1 aromatic carbocycles. The van der Waals surface area contributed by atoms with E-state index in [2.05, 4.69) is 23.8 Å². The standard InChI is InChI=1S/C15H20ClN3/c1-4-9(2)13(17)15-18-10(3)14(19-15)11-6-5-7-12(16)8-11/h5-9,13H,4,17H2,1-3H3,(H,18,19). The topological polar surface area (TPSA) is 54.7 Å². The van der Waals surface area contributed by atoms with Gasteiger partial charge in [0.05, 0.1) is 11.7 Å². The average Bonchev–Trinajstić information content (AvgIpc) is 2.79. The van der Waals surface area contributed by atoms with Gasteiger partial charge in [-0.25, -0.2) is 4.98 Å². The average molecular weight is 278 g/mol. The number of nitrogens with zero attached hydrogens (tertiary/aromatic N) is 1. The molecule has 3 N–H and O–H groups in total. The second kappa shape index (κ2) is 5.76. The van der Waals surface area contributed by atoms with E-state index in [-0.39, 0.29) is 6.04 Å². The maximum absolute atomic E-state index is 6.22. The van der Waals surface area contributed by atoms with Crippen molar-refractivity contribution in [3.05, 3.63) is 40.8 Å². The van der Waals surface area contributed by atoms with Crippen LogP contribution in [0.5, 0.6) is 0 Å². The Morgan fingerprint density at radius 3 is 2.79 bits per heavy atom. The lowest BCUT2D eigenvalue weighted by Crippen LogP contribution is -2.19. The van der Waals surface area contributed by atoms with E-state index in [1.807, 2.05) is 31.2 Å². The van der Waals surface area contributed by atoms with Crippen molar-refractivity contribution in [2.24, 2.45) is 11.7 Å². The number of rotatable bonds is 4. The summed E-state index contributed by atoms with van der Waals surface area (Å²) in [4.78, 5) is 7.95. The van der Waals surface area contributed by atoms with Crippen molar-refractivity contribution in [1.82, 2.24) is 9.97 Å². The van der Waals surface area contributed by atoms with Crippen LogP contribution in [0.15, 0.2) is 24.3 Å². The first kappa shape index (κ1) is 14.1. The fourth-order valence-electron chi connectivity index (χ4n) is 2.08. The lowest BCUT2D eigenvalue weighted by atomic mass is 10.00. The molecule has 19 heavy (non-hydrogen) atoms. The summed E-state index contributed by atoms with van der Waals surface area (Å²) in [5.41, 5.74) is 9.19. The van der Waals surface area contributed by atoms with Crippen LogP contribution in [0.1, 0.15) is 37.8 Å². The van der Waals surface area contributed by atoms with Crippen LogP contribution < -0.4 is 5.73 Å². The Morgan fingerprint density at radius 2 is 2.16 bits per heavy atom. The van der Waals surface area contributed by atoms with E-state index in [1.54, 1.807) is 0 Å². The summed E-state index contributed by atoms with van der Waals surface area (Å²) < 4.78 is 0. The van der Waals surface area contributed by atoms with E-state index in [4.69, 9.17) is 17.3 Å². The van der Waals surface area contributed by atoms with Crippen LogP contribution in [0.4, 0.5) is 0 Å². The fourth-order valence-corrected chi connectivity index (χ4v) is 2.27. The van der Waals surface area contributed by atoms with Gasteiger partial charge in [0.1, 0.15) is 5.82 Å². The number of hydrogen-bond acceptors (Lipinski definition) is 2. The quantitative estimate of drug-likeness (QED) is 0.884. The van der Waals surface area contributed by atoms with Crippen LogP contribution in [-0.2, 0) is 0 Å². The Kier molecular flexibility index (Phi) is 4.27. The highest BCUT2D eigenvalue weighted by atomic mass is 35.5. The minimum atomic E-state index is -0.0587. The molecular weight excluding hydrogens is 258 g/mol. The van der Waals surface area contributed by atoms with E-state index in [1.165, 1.54) is 0 Å². The van der Waals surface area contributed by atoms with Crippen molar-refractivity contribution >= 4 is 11.6 Å². The number of aromatic amines is 1. The van der Waals surface area contributed by atoms with Gasteiger partial charge >= 0.3 is 0 Å². The van der Waals surface area contributed by atoms with Crippen LogP contribution in [0, 0.1) is 12.8 Å². The first-order chi connectivity index (χ1) is 9.02. The molecule has 1 aromatic heterocycles. The largest absolute Gasteiger partial charge is 0.344 e. The predicted octanol–water partition coefficient (Wildman–Crippen LogP) is 4.08.